The molecule has 0 saturated carbocycles. The number of aliphatic hydroxyl groups excluding tert-OH is 1. The maximum Gasteiger partial charge on any atom is 0.0777 e. The largest absolute Gasteiger partial charge is 0.396 e. The Bertz CT molecular complexity index is 442. The molecule has 0 aliphatic carbocycles. The average molecular weight is 229 g/mol. The van der Waals surface area contributed by atoms with E-state index in [-0.39, 0.29) is 6.61 Å². The van der Waals surface area contributed by atoms with Gasteiger partial charge >= 0.3 is 0 Å². The molecule has 0 radical (unpaired) electrons. The predicted octanol–water partition coefficient (Wildman–Crippen LogP) is 1.62. The lowest BCUT2D eigenvalue weighted by Gasteiger charge is -2.06. The molecular weight excluding hydrogens is 214 g/mol. The van der Waals surface area contributed by atoms with Gasteiger partial charge in [0.05, 0.1) is 18.4 Å². The Labute approximate surface area is 100 Å². The van der Waals surface area contributed by atoms with E-state index >= 15 is 0 Å². The molecule has 0 unspecified atom stereocenters. The number of nitrogens with zero attached hydrogens (tertiary/aromatic N) is 2. The minimum atomic E-state index is 0.187. The molecule has 1 aromatic heterocycles. The molecule has 0 atom stereocenters. The molecule has 2 rings (SSSR count). The van der Waals surface area contributed by atoms with Gasteiger partial charge in [-0.1, -0.05) is 12.1 Å². The number of nitrogens with one attached hydrogen (secondary N) is 1. The zero-order chi connectivity index (χ0) is 11.9. The van der Waals surface area contributed by atoms with Crippen LogP contribution in [0.1, 0.15) is 11.3 Å². The molecule has 0 fully saturated rings. The average Bonchev–Trinajstić information content (AvgIpc) is 2.40. The quantitative estimate of drug-likeness (QED) is 0.818. The van der Waals surface area contributed by atoms with Crippen molar-refractivity contribution in [3.63, 3.8) is 0 Å². The molecule has 1 heterocycles. The van der Waals surface area contributed by atoms with E-state index in [1.54, 1.807) is 18.6 Å². The minimum Gasteiger partial charge on any atom is -0.396 e. The second-order valence-corrected chi connectivity index (χ2v) is 3.72. The van der Waals surface area contributed by atoms with Crippen molar-refractivity contribution in [2.75, 3.05) is 11.9 Å². The number of benzene rings is 1. The van der Waals surface area contributed by atoms with E-state index in [1.807, 2.05) is 24.3 Å². The van der Waals surface area contributed by atoms with Crippen LogP contribution < -0.4 is 5.32 Å². The number of anilines is 1. The van der Waals surface area contributed by atoms with Crippen molar-refractivity contribution in [1.29, 1.82) is 0 Å². The molecule has 0 amide bonds. The van der Waals surface area contributed by atoms with E-state index < -0.39 is 0 Å². The Morgan fingerprint density at radius 3 is 2.59 bits per heavy atom. The summed E-state index contributed by atoms with van der Waals surface area (Å²) in [6.45, 7) is 0.847. The van der Waals surface area contributed by atoms with Crippen molar-refractivity contribution in [1.82, 2.24) is 9.97 Å². The minimum absolute atomic E-state index is 0.187. The van der Waals surface area contributed by atoms with Crippen molar-refractivity contribution >= 4 is 5.69 Å². The first-order valence-corrected chi connectivity index (χ1v) is 5.57. The van der Waals surface area contributed by atoms with Crippen LogP contribution in [-0.2, 0) is 13.0 Å². The fourth-order valence-electron chi connectivity index (χ4n) is 1.53. The van der Waals surface area contributed by atoms with Crippen LogP contribution in [0.25, 0.3) is 0 Å². The first-order valence-electron chi connectivity index (χ1n) is 5.57. The number of aromatic nitrogens is 2. The molecule has 0 aliphatic rings. The summed E-state index contributed by atoms with van der Waals surface area (Å²) >= 11 is 0. The lowest BCUT2D eigenvalue weighted by Crippen LogP contribution is -2.01. The highest BCUT2D eigenvalue weighted by molar-refractivity contribution is 5.44. The van der Waals surface area contributed by atoms with E-state index in [4.69, 9.17) is 5.11 Å². The Hall–Kier alpha value is -1.94. The van der Waals surface area contributed by atoms with Crippen molar-refractivity contribution in [3.8, 4) is 0 Å². The fraction of sp³-hybridized carbons (Fsp3) is 0.231. The third-order valence-electron chi connectivity index (χ3n) is 2.44. The second-order valence-electron chi connectivity index (χ2n) is 3.72. The number of hydrogen-bond donors (Lipinski definition) is 2. The molecule has 0 saturated heterocycles. The summed E-state index contributed by atoms with van der Waals surface area (Å²) in [4.78, 5) is 8.19. The molecule has 88 valence electrons. The molecule has 4 heteroatoms. The second kappa shape index (κ2) is 5.96. The van der Waals surface area contributed by atoms with Crippen molar-refractivity contribution in [2.24, 2.45) is 0 Å². The third-order valence-corrected chi connectivity index (χ3v) is 2.44. The van der Waals surface area contributed by atoms with E-state index in [1.165, 1.54) is 0 Å². The molecule has 2 aromatic rings. The number of rotatable bonds is 5. The summed E-state index contributed by atoms with van der Waals surface area (Å²) in [5, 5.41) is 12.1. The first kappa shape index (κ1) is 11.5. The Morgan fingerprint density at radius 1 is 1.12 bits per heavy atom. The van der Waals surface area contributed by atoms with Crippen LogP contribution in [0.3, 0.4) is 0 Å². The van der Waals surface area contributed by atoms with Crippen molar-refractivity contribution < 1.29 is 5.11 Å². The highest BCUT2D eigenvalue weighted by atomic mass is 16.2. The summed E-state index contributed by atoms with van der Waals surface area (Å²) < 4.78 is 0. The van der Waals surface area contributed by atoms with Gasteiger partial charge in [0, 0.05) is 24.7 Å². The number of aliphatic hydroxyl groups is 1. The molecule has 0 aliphatic heterocycles. The SMILES string of the molecule is OCCc1ccc(NCc2cnccn2)cc1. The van der Waals surface area contributed by atoms with E-state index in [2.05, 4.69) is 15.3 Å². The molecule has 0 bridgehead atoms. The van der Waals surface area contributed by atoms with Crippen LogP contribution in [-0.4, -0.2) is 21.7 Å². The normalized spacial score (nSPS) is 10.2. The van der Waals surface area contributed by atoms with Crippen LogP contribution in [0.4, 0.5) is 5.69 Å². The van der Waals surface area contributed by atoms with Gasteiger partial charge in [-0.3, -0.25) is 9.97 Å². The molecule has 17 heavy (non-hydrogen) atoms. The van der Waals surface area contributed by atoms with Gasteiger partial charge in [0.1, 0.15) is 0 Å². The highest BCUT2D eigenvalue weighted by Gasteiger charge is 1.96. The van der Waals surface area contributed by atoms with E-state index in [9.17, 15) is 0 Å². The van der Waals surface area contributed by atoms with Gasteiger partial charge in [0.2, 0.25) is 0 Å². The summed E-state index contributed by atoms with van der Waals surface area (Å²) in [7, 11) is 0. The standard InChI is InChI=1S/C13H15N3O/c17-8-5-11-1-3-12(4-2-11)16-10-13-9-14-6-7-15-13/h1-4,6-7,9,16-17H,5,8,10H2. The fourth-order valence-corrected chi connectivity index (χ4v) is 1.53. The lowest BCUT2D eigenvalue weighted by molar-refractivity contribution is 0.299. The van der Waals surface area contributed by atoms with Gasteiger partial charge < -0.3 is 10.4 Å². The summed E-state index contributed by atoms with van der Waals surface area (Å²) in [5.74, 6) is 0. The van der Waals surface area contributed by atoms with Crippen LogP contribution >= 0.6 is 0 Å². The van der Waals surface area contributed by atoms with Crippen LogP contribution in [0.15, 0.2) is 42.9 Å². The van der Waals surface area contributed by atoms with Crippen molar-refractivity contribution in [3.05, 3.63) is 54.1 Å². The van der Waals surface area contributed by atoms with E-state index in [0.717, 1.165) is 16.9 Å². The monoisotopic (exact) mass is 229 g/mol. The molecule has 4 nitrogen and oxygen atoms in total. The summed E-state index contributed by atoms with van der Waals surface area (Å²) in [5.41, 5.74) is 3.09. The van der Waals surface area contributed by atoms with Crippen LogP contribution in [0.5, 0.6) is 0 Å². The maximum atomic E-state index is 8.81. The first-order chi connectivity index (χ1) is 8.38. The van der Waals surface area contributed by atoms with Crippen LogP contribution in [0.2, 0.25) is 0 Å². The predicted molar refractivity (Wildman–Crippen MR) is 66.6 cm³/mol. The lowest BCUT2D eigenvalue weighted by atomic mass is 10.1. The molecular formula is C13H15N3O. The van der Waals surface area contributed by atoms with Gasteiger partial charge in [-0.2, -0.15) is 0 Å². The summed E-state index contributed by atoms with van der Waals surface area (Å²) in [6.07, 6.45) is 5.78. The molecule has 2 N–H and O–H groups in total. The molecule has 1 aromatic carbocycles. The van der Waals surface area contributed by atoms with Gasteiger partial charge in [-0.15, -0.1) is 0 Å². The summed E-state index contributed by atoms with van der Waals surface area (Å²) in [6, 6.07) is 8.02. The van der Waals surface area contributed by atoms with Gasteiger partial charge in [0.15, 0.2) is 0 Å². The topological polar surface area (TPSA) is 58.0 Å². The molecule has 0 spiro atoms. The van der Waals surface area contributed by atoms with Crippen LogP contribution in [0, 0.1) is 0 Å². The van der Waals surface area contributed by atoms with Crippen molar-refractivity contribution in [2.45, 2.75) is 13.0 Å². The Kier molecular flexibility index (Phi) is 4.05. The maximum absolute atomic E-state index is 8.81. The van der Waals surface area contributed by atoms with E-state index in [0.29, 0.717) is 13.0 Å². The van der Waals surface area contributed by atoms with Gasteiger partial charge in [-0.25, -0.2) is 0 Å². The highest BCUT2D eigenvalue weighted by Crippen LogP contribution is 2.10. The zero-order valence-electron chi connectivity index (χ0n) is 9.50. The van der Waals surface area contributed by atoms with Gasteiger partial charge in [-0.05, 0) is 24.1 Å². The Balaban J connectivity index is 1.91. The van der Waals surface area contributed by atoms with Gasteiger partial charge in [0.25, 0.3) is 0 Å². The Morgan fingerprint density at radius 2 is 1.94 bits per heavy atom. The number of hydrogen-bond acceptors (Lipinski definition) is 4. The smallest absolute Gasteiger partial charge is 0.0777 e. The zero-order valence-corrected chi connectivity index (χ0v) is 9.50. The third kappa shape index (κ3) is 3.53.